The zero-order chi connectivity index (χ0) is 23.5. The van der Waals surface area contributed by atoms with E-state index in [0.717, 1.165) is 6.42 Å². The second kappa shape index (κ2) is 10.0. The van der Waals surface area contributed by atoms with E-state index in [1.165, 1.54) is 16.2 Å². The Kier molecular flexibility index (Phi) is 7.14. The van der Waals surface area contributed by atoms with E-state index in [1.807, 2.05) is 17.9 Å². The number of pyridine rings is 1. The molecule has 2 aromatic rings. The molecule has 0 aromatic carbocycles. The smallest absolute Gasteiger partial charge is 0.309 e. The van der Waals surface area contributed by atoms with Crippen molar-refractivity contribution in [2.75, 3.05) is 31.1 Å². The average Bonchev–Trinajstić information content (AvgIpc) is 3.09. The summed E-state index contributed by atoms with van der Waals surface area (Å²) in [5, 5.41) is 0. The van der Waals surface area contributed by atoms with Gasteiger partial charge in [0.05, 0.1) is 23.0 Å². The van der Waals surface area contributed by atoms with Crippen molar-refractivity contribution in [1.82, 2.24) is 14.3 Å². The van der Waals surface area contributed by atoms with Gasteiger partial charge in [0.25, 0.3) is 11.5 Å². The third kappa shape index (κ3) is 4.67. The van der Waals surface area contributed by atoms with Crippen LogP contribution in [0.1, 0.15) is 38.7 Å². The summed E-state index contributed by atoms with van der Waals surface area (Å²) in [5.41, 5.74) is 0.634. The topological polar surface area (TPSA) is 84.2 Å². The van der Waals surface area contributed by atoms with Gasteiger partial charge in [-0.1, -0.05) is 37.0 Å². The van der Waals surface area contributed by atoms with Crippen molar-refractivity contribution in [3.8, 4) is 0 Å². The molecule has 0 bridgehead atoms. The summed E-state index contributed by atoms with van der Waals surface area (Å²) in [6.07, 6.45) is 5.32. The number of esters is 1. The van der Waals surface area contributed by atoms with Crippen molar-refractivity contribution in [2.45, 2.75) is 33.1 Å². The molecule has 0 aliphatic carbocycles. The number of rotatable bonds is 6. The van der Waals surface area contributed by atoms with Crippen LogP contribution in [0, 0.1) is 5.92 Å². The minimum atomic E-state index is -0.246. The molecule has 0 spiro atoms. The van der Waals surface area contributed by atoms with Crippen molar-refractivity contribution in [2.24, 2.45) is 5.92 Å². The van der Waals surface area contributed by atoms with Gasteiger partial charge < -0.3 is 9.64 Å². The molecule has 174 valence electrons. The number of anilines is 1. The number of aromatic nitrogens is 2. The minimum Gasteiger partial charge on any atom is -0.466 e. The molecule has 4 heterocycles. The summed E-state index contributed by atoms with van der Waals surface area (Å²) >= 11 is 6.59. The van der Waals surface area contributed by atoms with E-state index in [2.05, 4.69) is 0 Å². The molecule has 0 atom stereocenters. The first kappa shape index (κ1) is 23.4. The zero-order valence-electron chi connectivity index (χ0n) is 18.7. The molecule has 10 heteroatoms. The van der Waals surface area contributed by atoms with Crippen molar-refractivity contribution in [3.05, 3.63) is 45.2 Å². The van der Waals surface area contributed by atoms with E-state index in [0.29, 0.717) is 65.3 Å². The molecule has 0 saturated carbocycles. The number of amides is 1. The van der Waals surface area contributed by atoms with E-state index < -0.39 is 0 Å². The highest BCUT2D eigenvalue weighted by Crippen LogP contribution is 2.34. The number of thioether (sulfide) groups is 1. The summed E-state index contributed by atoms with van der Waals surface area (Å²) in [6, 6.07) is 5.37. The number of carbonyl (C=O) groups is 2. The van der Waals surface area contributed by atoms with Crippen molar-refractivity contribution >= 4 is 57.7 Å². The Hall–Kier alpha value is -2.72. The zero-order valence-corrected chi connectivity index (χ0v) is 20.3. The van der Waals surface area contributed by atoms with Gasteiger partial charge in [0.2, 0.25) is 0 Å². The van der Waals surface area contributed by atoms with Gasteiger partial charge in [-0.2, -0.15) is 0 Å². The van der Waals surface area contributed by atoms with E-state index in [4.69, 9.17) is 21.9 Å². The van der Waals surface area contributed by atoms with E-state index in [-0.39, 0.29) is 23.4 Å². The van der Waals surface area contributed by atoms with Crippen LogP contribution in [-0.4, -0.2) is 56.7 Å². The number of piperidine rings is 1. The molecule has 2 aliphatic heterocycles. The minimum absolute atomic E-state index is 0.156. The quantitative estimate of drug-likeness (QED) is 0.350. The molecule has 0 N–H and O–H groups in total. The fourth-order valence-corrected chi connectivity index (χ4v) is 5.38. The maximum absolute atomic E-state index is 13.4. The van der Waals surface area contributed by atoms with Crippen molar-refractivity contribution in [3.63, 3.8) is 0 Å². The molecule has 8 nitrogen and oxygen atoms in total. The summed E-state index contributed by atoms with van der Waals surface area (Å²) in [5.74, 6) is 0.00524. The molecular formula is C23H26N4O4S2. The molecule has 2 fully saturated rings. The summed E-state index contributed by atoms with van der Waals surface area (Å²) in [4.78, 5) is 47.3. The van der Waals surface area contributed by atoms with Crippen LogP contribution in [0.2, 0.25) is 0 Å². The van der Waals surface area contributed by atoms with Crippen LogP contribution < -0.4 is 10.5 Å². The Morgan fingerprint density at radius 1 is 1.27 bits per heavy atom. The average molecular weight is 487 g/mol. The lowest BCUT2D eigenvalue weighted by molar-refractivity contribution is -0.148. The van der Waals surface area contributed by atoms with E-state index in [1.54, 1.807) is 36.2 Å². The van der Waals surface area contributed by atoms with Gasteiger partial charge in [0.15, 0.2) is 0 Å². The largest absolute Gasteiger partial charge is 0.466 e. The lowest BCUT2D eigenvalue weighted by Gasteiger charge is -2.32. The molecule has 1 amide bonds. The van der Waals surface area contributed by atoms with Gasteiger partial charge >= 0.3 is 5.97 Å². The number of carbonyl (C=O) groups excluding carboxylic acids is 2. The highest BCUT2D eigenvalue weighted by atomic mass is 32.2. The monoisotopic (exact) mass is 486 g/mol. The molecule has 4 rings (SSSR count). The summed E-state index contributed by atoms with van der Waals surface area (Å²) in [6.45, 7) is 5.83. The lowest BCUT2D eigenvalue weighted by atomic mass is 9.96. The van der Waals surface area contributed by atoms with Crippen molar-refractivity contribution < 1.29 is 14.3 Å². The van der Waals surface area contributed by atoms with Crippen molar-refractivity contribution in [1.29, 1.82) is 0 Å². The Labute approximate surface area is 201 Å². The summed E-state index contributed by atoms with van der Waals surface area (Å²) < 4.78 is 7.15. The Bertz CT molecular complexity index is 1180. The Morgan fingerprint density at radius 2 is 2.03 bits per heavy atom. The highest BCUT2D eigenvalue weighted by molar-refractivity contribution is 8.26. The van der Waals surface area contributed by atoms with E-state index >= 15 is 0 Å². The number of hydrogen-bond donors (Lipinski definition) is 0. The first-order valence-electron chi connectivity index (χ1n) is 11.1. The maximum atomic E-state index is 13.4. The number of thiocarbonyl (C=S) groups is 1. The SMILES string of the molecule is CCCN1C(=O)/C(=C/c2c(N3CCC(C(=O)OCC)CC3)nc3ccccn3c2=O)SC1=S. The fraction of sp³-hybridized carbons (Fsp3) is 0.435. The van der Waals surface area contributed by atoms with Crippen LogP contribution in [0.5, 0.6) is 0 Å². The molecule has 0 radical (unpaired) electrons. The predicted octanol–water partition coefficient (Wildman–Crippen LogP) is 3.09. The van der Waals surface area contributed by atoms with Crippen LogP contribution >= 0.6 is 24.0 Å². The normalized spacial score (nSPS) is 18.5. The van der Waals surface area contributed by atoms with Gasteiger partial charge in [-0.25, -0.2) is 4.98 Å². The molecule has 2 saturated heterocycles. The Balaban J connectivity index is 1.72. The Morgan fingerprint density at radius 3 is 2.73 bits per heavy atom. The third-order valence-corrected chi connectivity index (χ3v) is 7.14. The number of nitrogens with zero attached hydrogens (tertiary/aromatic N) is 4. The van der Waals surface area contributed by atoms with Crippen LogP contribution in [0.25, 0.3) is 11.7 Å². The second-order valence-electron chi connectivity index (χ2n) is 7.93. The van der Waals surface area contributed by atoms with E-state index in [9.17, 15) is 14.4 Å². The number of ether oxygens (including phenoxy) is 1. The van der Waals surface area contributed by atoms with Gasteiger partial charge in [0, 0.05) is 25.8 Å². The predicted molar refractivity (Wildman–Crippen MR) is 133 cm³/mol. The molecule has 2 aromatic heterocycles. The van der Waals surface area contributed by atoms with Crippen LogP contribution in [-0.2, 0) is 14.3 Å². The maximum Gasteiger partial charge on any atom is 0.309 e. The molecule has 0 unspecified atom stereocenters. The number of fused-ring (bicyclic) bond motifs is 1. The first-order valence-corrected chi connectivity index (χ1v) is 12.3. The second-order valence-corrected chi connectivity index (χ2v) is 9.61. The van der Waals surface area contributed by atoms with Gasteiger partial charge in [0.1, 0.15) is 15.8 Å². The fourth-order valence-electron chi connectivity index (χ4n) is 4.09. The lowest BCUT2D eigenvalue weighted by Crippen LogP contribution is -2.39. The number of hydrogen-bond acceptors (Lipinski definition) is 8. The third-order valence-electron chi connectivity index (χ3n) is 5.76. The first-order chi connectivity index (χ1) is 15.9. The van der Waals surface area contributed by atoms with Gasteiger partial charge in [-0.05, 0) is 44.4 Å². The van der Waals surface area contributed by atoms with Crippen LogP contribution in [0.4, 0.5) is 5.82 Å². The molecule has 33 heavy (non-hydrogen) atoms. The highest BCUT2D eigenvalue weighted by Gasteiger charge is 2.33. The molecular weight excluding hydrogens is 460 g/mol. The van der Waals surface area contributed by atoms with Gasteiger partial charge in [-0.15, -0.1) is 0 Å². The van der Waals surface area contributed by atoms with Gasteiger partial charge in [-0.3, -0.25) is 23.7 Å². The standard InChI is InChI=1S/C23H26N4O4S2/c1-3-10-27-21(29)17(33-23(27)32)14-16-19(24-18-7-5-6-11-26(18)20(16)28)25-12-8-15(9-13-25)22(30)31-4-2/h5-7,11,14-15H,3-4,8-10,12-13H2,1-2H3/b17-14-. The van der Waals surface area contributed by atoms with Crippen LogP contribution in [0.15, 0.2) is 34.1 Å². The summed E-state index contributed by atoms with van der Waals surface area (Å²) in [7, 11) is 0. The molecule has 2 aliphatic rings. The van der Waals surface area contributed by atoms with Crippen LogP contribution in [0.3, 0.4) is 0 Å².